The fraction of sp³-hybridized carbons (Fsp3) is 0.200. The number of allylic oxidation sites excluding steroid dienone is 4. The zero-order valence-corrected chi connectivity index (χ0v) is 9.26. The van der Waals surface area contributed by atoms with Gasteiger partial charge in [0.25, 0.3) is 0 Å². The molecule has 0 atom stereocenters. The summed E-state index contributed by atoms with van der Waals surface area (Å²) in [5.41, 5.74) is 6.29. The Morgan fingerprint density at radius 1 is 1.29 bits per heavy atom. The van der Waals surface area contributed by atoms with Gasteiger partial charge in [0.1, 0.15) is 0 Å². The van der Waals surface area contributed by atoms with Crippen molar-refractivity contribution in [2.45, 2.75) is 13.8 Å². The van der Waals surface area contributed by atoms with Gasteiger partial charge >= 0.3 is 55.4 Å². The maximum absolute atomic E-state index is 7.50. The molecule has 0 unspecified atom stereocenters. The first-order chi connectivity index (χ1) is 6.63. The van der Waals surface area contributed by atoms with Gasteiger partial charge in [-0.2, -0.15) is 0 Å². The van der Waals surface area contributed by atoms with Crippen LogP contribution in [0.3, 0.4) is 0 Å². The predicted octanol–water partition coefficient (Wildman–Crippen LogP) is 1.27. The number of hydrogen-bond donors (Lipinski definition) is 1. The molecule has 76 valence electrons. The molecule has 1 aliphatic rings. The van der Waals surface area contributed by atoms with Crippen LogP contribution in [0.25, 0.3) is 0 Å². The predicted molar refractivity (Wildman–Crippen MR) is 49.9 cm³/mol. The molecule has 0 aromatic carbocycles. The average Bonchev–Trinajstić information content (AvgIpc) is 2.62. The van der Waals surface area contributed by atoms with Gasteiger partial charge in [0.2, 0.25) is 0 Å². The SMILES string of the molecule is CC1=CC=C[CH]1.C[C](N)=[Mn].[C-]#[O+].[C-]#[O+]. The minimum atomic E-state index is 0.729. The molecule has 0 heterocycles. The third-order valence-electron chi connectivity index (χ3n) is 0.829. The fourth-order valence-electron chi connectivity index (χ4n) is 0.470. The van der Waals surface area contributed by atoms with Gasteiger partial charge in [-0.25, -0.2) is 0 Å². The van der Waals surface area contributed by atoms with Crippen molar-refractivity contribution >= 4 is 4.54 Å². The van der Waals surface area contributed by atoms with E-state index in [0.29, 0.717) is 0 Å². The van der Waals surface area contributed by atoms with E-state index in [-0.39, 0.29) is 0 Å². The van der Waals surface area contributed by atoms with E-state index in [1.165, 1.54) is 5.57 Å². The first-order valence-corrected chi connectivity index (χ1v) is 4.05. The van der Waals surface area contributed by atoms with Crippen LogP contribution in [0.5, 0.6) is 0 Å². The first-order valence-electron chi connectivity index (χ1n) is 3.46. The summed E-state index contributed by atoms with van der Waals surface area (Å²) in [5, 5.41) is 0. The van der Waals surface area contributed by atoms with Gasteiger partial charge < -0.3 is 0 Å². The third kappa shape index (κ3) is 30.2. The fourth-order valence-corrected chi connectivity index (χ4v) is 0.470. The van der Waals surface area contributed by atoms with Gasteiger partial charge in [0, 0.05) is 6.42 Å². The number of nitrogens with two attached hydrogens (primary N) is 1. The van der Waals surface area contributed by atoms with Crippen LogP contribution < -0.4 is 5.73 Å². The summed E-state index contributed by atoms with van der Waals surface area (Å²) in [6, 6.07) is 0. The summed E-state index contributed by atoms with van der Waals surface area (Å²) in [6.45, 7) is 12.9. The third-order valence-corrected chi connectivity index (χ3v) is 0.829. The standard InChI is InChI=1S/C6H7.C2H5N.2CO.Mn/c1-6-4-2-3-5-6;1-2-3;2*1-2;/h2-5H,1H3;3H2,1H3;;;. The second-order valence-electron chi connectivity index (χ2n) is 2.05. The molecule has 0 spiro atoms. The molecule has 0 bridgehead atoms. The molecule has 14 heavy (non-hydrogen) atoms. The van der Waals surface area contributed by atoms with Crippen molar-refractivity contribution in [3.63, 3.8) is 0 Å². The second kappa shape index (κ2) is 18.2. The summed E-state index contributed by atoms with van der Waals surface area (Å²) in [5.74, 6) is 0. The Labute approximate surface area is 92.9 Å². The Hall–Kier alpha value is -0.691. The van der Waals surface area contributed by atoms with Crippen LogP contribution in [0.1, 0.15) is 13.8 Å². The molecule has 1 rings (SSSR count). The van der Waals surface area contributed by atoms with Crippen LogP contribution in [-0.2, 0) is 24.9 Å². The van der Waals surface area contributed by atoms with Gasteiger partial charge in [-0.15, -0.1) is 0 Å². The van der Waals surface area contributed by atoms with Gasteiger partial charge in [-0.05, 0) is 6.92 Å². The van der Waals surface area contributed by atoms with Crippen LogP contribution >= 0.6 is 0 Å². The minimum absolute atomic E-state index is 0.729. The molecule has 0 aliphatic heterocycles. The maximum atomic E-state index is 7.50. The van der Waals surface area contributed by atoms with E-state index in [1.54, 1.807) is 6.92 Å². The van der Waals surface area contributed by atoms with Crippen molar-refractivity contribution in [3.05, 3.63) is 43.5 Å². The quantitative estimate of drug-likeness (QED) is 0.382. The molecular formula is C10H12MnNO2. The summed E-state index contributed by atoms with van der Waals surface area (Å²) in [7, 11) is 0. The van der Waals surface area contributed by atoms with E-state index >= 15 is 0 Å². The van der Waals surface area contributed by atoms with Crippen molar-refractivity contribution in [1.29, 1.82) is 0 Å². The number of hydrogen-bond acceptors (Lipinski definition) is 1. The van der Waals surface area contributed by atoms with E-state index in [9.17, 15) is 0 Å². The molecule has 0 fully saturated rings. The first kappa shape index (κ1) is 19.0. The van der Waals surface area contributed by atoms with Crippen molar-refractivity contribution in [1.82, 2.24) is 0 Å². The van der Waals surface area contributed by atoms with E-state index < -0.39 is 0 Å². The zero-order valence-electron chi connectivity index (χ0n) is 8.08. The van der Waals surface area contributed by atoms with Gasteiger partial charge in [-0.1, -0.05) is 23.8 Å². The molecular weight excluding hydrogens is 221 g/mol. The average molecular weight is 233 g/mol. The summed E-state index contributed by atoms with van der Waals surface area (Å²) < 4.78 is 15.7. The Bertz CT molecular complexity index is 229. The van der Waals surface area contributed by atoms with Gasteiger partial charge in [0.05, 0.1) is 0 Å². The molecule has 0 amide bonds. The Kier molecular flexibility index (Phi) is 24.6. The molecule has 0 saturated carbocycles. The normalized spacial score (nSPS) is 10.1. The molecule has 2 N–H and O–H groups in total. The molecule has 1 radical (unpaired) electrons. The van der Waals surface area contributed by atoms with E-state index in [1.807, 2.05) is 12.2 Å². The van der Waals surface area contributed by atoms with E-state index in [2.05, 4.69) is 48.3 Å². The van der Waals surface area contributed by atoms with Gasteiger partial charge in [0.15, 0.2) is 0 Å². The van der Waals surface area contributed by atoms with Gasteiger partial charge in [-0.3, -0.25) is 0 Å². The Morgan fingerprint density at radius 3 is 1.71 bits per heavy atom. The van der Waals surface area contributed by atoms with Crippen LogP contribution in [0, 0.1) is 19.7 Å². The summed E-state index contributed by atoms with van der Waals surface area (Å²) in [4.78, 5) is 0. The Morgan fingerprint density at radius 2 is 1.64 bits per heavy atom. The monoisotopic (exact) mass is 233 g/mol. The molecule has 3 nitrogen and oxygen atoms in total. The molecule has 0 saturated heterocycles. The van der Waals surface area contributed by atoms with Crippen LogP contribution in [-0.4, -0.2) is 4.54 Å². The topological polar surface area (TPSA) is 65.8 Å². The van der Waals surface area contributed by atoms with Crippen molar-refractivity contribution in [2.24, 2.45) is 5.73 Å². The molecule has 1 aliphatic carbocycles. The van der Waals surface area contributed by atoms with Crippen LogP contribution in [0.15, 0.2) is 23.8 Å². The van der Waals surface area contributed by atoms with E-state index in [0.717, 1.165) is 4.54 Å². The molecule has 4 heteroatoms. The van der Waals surface area contributed by atoms with Crippen molar-refractivity contribution in [3.8, 4) is 0 Å². The molecule has 0 aromatic heterocycles. The zero-order chi connectivity index (χ0) is 12.0. The number of rotatable bonds is 0. The van der Waals surface area contributed by atoms with Crippen LogP contribution in [0.4, 0.5) is 0 Å². The Balaban J connectivity index is -0.000000134. The second-order valence-corrected chi connectivity index (χ2v) is 2.98. The van der Waals surface area contributed by atoms with Crippen molar-refractivity contribution in [2.75, 3.05) is 0 Å². The molecule has 0 aromatic rings. The van der Waals surface area contributed by atoms with Crippen LogP contribution in [0.2, 0.25) is 0 Å². The van der Waals surface area contributed by atoms with E-state index in [4.69, 9.17) is 15.0 Å². The summed E-state index contributed by atoms with van der Waals surface area (Å²) >= 11 is 2.97. The van der Waals surface area contributed by atoms with Crippen molar-refractivity contribution < 1.29 is 24.9 Å². The summed E-state index contributed by atoms with van der Waals surface area (Å²) in [6.07, 6.45) is 8.24.